The van der Waals surface area contributed by atoms with Crippen LogP contribution in [-0.2, 0) is 0 Å². The molecule has 0 aliphatic carbocycles. The predicted octanol–water partition coefficient (Wildman–Crippen LogP) is 2.97. The second-order valence-electron chi connectivity index (χ2n) is 3.74. The quantitative estimate of drug-likeness (QED) is 0.792. The highest BCUT2D eigenvalue weighted by atomic mass is 79.9. The van der Waals surface area contributed by atoms with Gasteiger partial charge in [-0.1, -0.05) is 11.6 Å². The first-order chi connectivity index (χ1) is 8.49. The van der Waals surface area contributed by atoms with Gasteiger partial charge in [0.1, 0.15) is 5.69 Å². The number of nitrogens with zero attached hydrogens (tertiary/aromatic N) is 1. The molecule has 0 saturated heterocycles. The van der Waals surface area contributed by atoms with E-state index in [-0.39, 0.29) is 11.6 Å². The van der Waals surface area contributed by atoms with Gasteiger partial charge in [-0.05, 0) is 40.5 Å². The molecule has 0 spiro atoms. The molecule has 0 aliphatic rings. The Balaban J connectivity index is 2.28. The van der Waals surface area contributed by atoms with E-state index >= 15 is 0 Å². The molecule has 7 heteroatoms. The summed E-state index contributed by atoms with van der Waals surface area (Å²) < 4.78 is 0.746. The molecule has 0 fully saturated rings. The Morgan fingerprint density at radius 2 is 2.28 bits per heavy atom. The van der Waals surface area contributed by atoms with Crippen LogP contribution in [0.1, 0.15) is 16.1 Å². The smallest absolute Gasteiger partial charge is 0.275 e. The highest BCUT2D eigenvalue weighted by molar-refractivity contribution is 9.10. The number of anilines is 2. The highest BCUT2D eigenvalue weighted by Gasteiger charge is 2.14. The zero-order valence-electron chi connectivity index (χ0n) is 9.42. The average Bonchev–Trinajstić information content (AvgIpc) is 2.72. The van der Waals surface area contributed by atoms with Gasteiger partial charge < -0.3 is 11.1 Å². The number of hydrogen-bond acceptors (Lipinski definition) is 3. The van der Waals surface area contributed by atoms with E-state index in [0.717, 1.165) is 10.0 Å². The van der Waals surface area contributed by atoms with Crippen LogP contribution in [0.3, 0.4) is 0 Å². The summed E-state index contributed by atoms with van der Waals surface area (Å²) in [6.07, 6.45) is 1.38. The molecule has 1 aromatic heterocycles. The Kier molecular flexibility index (Phi) is 3.58. The Morgan fingerprint density at radius 3 is 2.89 bits per heavy atom. The van der Waals surface area contributed by atoms with Crippen LogP contribution in [0.4, 0.5) is 11.4 Å². The molecule has 5 nitrogen and oxygen atoms in total. The number of amides is 1. The van der Waals surface area contributed by atoms with E-state index in [2.05, 4.69) is 31.4 Å². The van der Waals surface area contributed by atoms with Gasteiger partial charge in [0, 0.05) is 9.50 Å². The number of carbonyl (C=O) groups excluding carboxylic acids is 1. The molecule has 0 radical (unpaired) electrons. The number of carbonyl (C=O) groups is 1. The molecule has 0 saturated carbocycles. The van der Waals surface area contributed by atoms with E-state index in [1.807, 2.05) is 13.0 Å². The van der Waals surface area contributed by atoms with E-state index in [4.69, 9.17) is 17.3 Å². The zero-order chi connectivity index (χ0) is 13.3. The number of aromatic nitrogens is 2. The zero-order valence-corrected chi connectivity index (χ0v) is 11.8. The Bertz CT molecular complexity index is 611. The molecule has 2 aromatic rings. The number of aromatic amines is 1. The standard InChI is InChI=1S/C11H10BrClN4O/c1-5-2-6(12)9(3-7(5)13)16-11(18)10-8(14)4-15-17-10/h2-4H,14H2,1H3,(H,15,17)(H,16,18). The Labute approximate surface area is 117 Å². The van der Waals surface area contributed by atoms with Crippen molar-refractivity contribution < 1.29 is 4.79 Å². The third-order valence-electron chi connectivity index (χ3n) is 2.39. The van der Waals surface area contributed by atoms with Gasteiger partial charge in [0.25, 0.3) is 5.91 Å². The maximum atomic E-state index is 11.9. The lowest BCUT2D eigenvalue weighted by atomic mass is 10.2. The third kappa shape index (κ3) is 2.49. The summed E-state index contributed by atoms with van der Waals surface area (Å²) >= 11 is 9.37. The second kappa shape index (κ2) is 4.99. The fourth-order valence-corrected chi connectivity index (χ4v) is 2.12. The summed E-state index contributed by atoms with van der Waals surface area (Å²) in [6, 6.07) is 3.50. The summed E-state index contributed by atoms with van der Waals surface area (Å²) in [5.41, 5.74) is 7.60. The lowest BCUT2D eigenvalue weighted by molar-refractivity contribution is 0.102. The predicted molar refractivity (Wildman–Crippen MR) is 74.8 cm³/mol. The van der Waals surface area contributed by atoms with Crippen molar-refractivity contribution in [3.63, 3.8) is 0 Å². The minimum atomic E-state index is -0.370. The van der Waals surface area contributed by atoms with E-state index < -0.39 is 0 Å². The molecule has 0 atom stereocenters. The number of nitrogen functional groups attached to an aromatic ring is 1. The fourth-order valence-electron chi connectivity index (χ4n) is 1.40. The first-order valence-corrected chi connectivity index (χ1v) is 6.22. The van der Waals surface area contributed by atoms with E-state index in [1.165, 1.54) is 6.20 Å². The van der Waals surface area contributed by atoms with Crippen molar-refractivity contribution in [1.82, 2.24) is 10.2 Å². The lowest BCUT2D eigenvalue weighted by Gasteiger charge is -2.09. The summed E-state index contributed by atoms with van der Waals surface area (Å²) in [5, 5.41) is 9.50. The number of benzene rings is 1. The van der Waals surface area contributed by atoms with Crippen molar-refractivity contribution in [2.45, 2.75) is 6.92 Å². The van der Waals surface area contributed by atoms with Crippen molar-refractivity contribution in [1.29, 1.82) is 0 Å². The molecule has 0 unspecified atom stereocenters. The Morgan fingerprint density at radius 1 is 1.56 bits per heavy atom. The minimum Gasteiger partial charge on any atom is -0.396 e. The maximum Gasteiger partial charge on any atom is 0.275 e. The topological polar surface area (TPSA) is 83.8 Å². The monoisotopic (exact) mass is 328 g/mol. The fraction of sp³-hybridized carbons (Fsp3) is 0.0909. The summed E-state index contributed by atoms with van der Waals surface area (Å²) in [7, 11) is 0. The van der Waals surface area contributed by atoms with Crippen LogP contribution in [0.25, 0.3) is 0 Å². The minimum absolute atomic E-state index is 0.221. The third-order valence-corrected chi connectivity index (χ3v) is 3.46. The van der Waals surface area contributed by atoms with Gasteiger partial charge in [-0.2, -0.15) is 5.10 Å². The van der Waals surface area contributed by atoms with Crippen LogP contribution < -0.4 is 11.1 Å². The van der Waals surface area contributed by atoms with Gasteiger partial charge in [-0.15, -0.1) is 0 Å². The SMILES string of the molecule is Cc1cc(Br)c(NC(=O)c2[nH]ncc2N)cc1Cl. The molecular formula is C11H10BrClN4O. The van der Waals surface area contributed by atoms with Crippen LogP contribution >= 0.6 is 27.5 Å². The number of nitrogens with two attached hydrogens (primary N) is 1. The van der Waals surface area contributed by atoms with Crippen molar-refractivity contribution in [3.8, 4) is 0 Å². The van der Waals surface area contributed by atoms with Crippen LogP contribution in [0.2, 0.25) is 5.02 Å². The van der Waals surface area contributed by atoms with Crippen LogP contribution in [-0.4, -0.2) is 16.1 Å². The van der Waals surface area contributed by atoms with Gasteiger partial charge in [-0.25, -0.2) is 0 Å². The number of aryl methyl sites for hydroxylation is 1. The number of rotatable bonds is 2. The summed E-state index contributed by atoms with van der Waals surface area (Å²) in [5.74, 6) is -0.370. The molecule has 0 aliphatic heterocycles. The highest BCUT2D eigenvalue weighted by Crippen LogP contribution is 2.29. The molecule has 1 aromatic carbocycles. The molecular weight excluding hydrogens is 320 g/mol. The Hall–Kier alpha value is -1.53. The molecule has 4 N–H and O–H groups in total. The van der Waals surface area contributed by atoms with Crippen LogP contribution in [0.5, 0.6) is 0 Å². The van der Waals surface area contributed by atoms with E-state index in [1.54, 1.807) is 6.07 Å². The number of nitrogens with one attached hydrogen (secondary N) is 2. The number of hydrogen-bond donors (Lipinski definition) is 3. The maximum absolute atomic E-state index is 11.9. The second-order valence-corrected chi connectivity index (χ2v) is 5.00. The number of H-pyrrole nitrogens is 1. The normalized spacial score (nSPS) is 10.4. The average molecular weight is 330 g/mol. The molecule has 1 amide bonds. The van der Waals surface area contributed by atoms with Gasteiger partial charge >= 0.3 is 0 Å². The van der Waals surface area contributed by atoms with Crippen LogP contribution in [0.15, 0.2) is 22.8 Å². The molecule has 18 heavy (non-hydrogen) atoms. The van der Waals surface area contributed by atoms with Crippen molar-refractivity contribution >= 4 is 44.8 Å². The van der Waals surface area contributed by atoms with Gasteiger partial charge in [0.15, 0.2) is 0 Å². The van der Waals surface area contributed by atoms with Crippen LogP contribution in [0, 0.1) is 6.92 Å². The van der Waals surface area contributed by atoms with Gasteiger partial charge in [0.05, 0.1) is 17.6 Å². The molecule has 0 bridgehead atoms. The molecule has 94 valence electrons. The lowest BCUT2D eigenvalue weighted by Crippen LogP contribution is -2.14. The summed E-state index contributed by atoms with van der Waals surface area (Å²) in [6.45, 7) is 1.88. The van der Waals surface area contributed by atoms with Gasteiger partial charge in [0.2, 0.25) is 0 Å². The van der Waals surface area contributed by atoms with E-state index in [0.29, 0.717) is 16.4 Å². The van der Waals surface area contributed by atoms with Crippen molar-refractivity contribution in [3.05, 3.63) is 39.1 Å². The number of halogens is 2. The first-order valence-electron chi connectivity index (χ1n) is 5.05. The molecule has 2 rings (SSSR count). The molecule has 1 heterocycles. The van der Waals surface area contributed by atoms with Crippen molar-refractivity contribution in [2.24, 2.45) is 0 Å². The summed E-state index contributed by atoms with van der Waals surface area (Å²) in [4.78, 5) is 11.9. The van der Waals surface area contributed by atoms with Gasteiger partial charge in [-0.3, -0.25) is 9.89 Å². The van der Waals surface area contributed by atoms with Crippen molar-refractivity contribution in [2.75, 3.05) is 11.1 Å². The first kappa shape index (κ1) is 12.9. The largest absolute Gasteiger partial charge is 0.396 e. The van der Waals surface area contributed by atoms with E-state index in [9.17, 15) is 4.79 Å².